The van der Waals surface area contributed by atoms with Gasteiger partial charge in [-0.2, -0.15) is 4.52 Å². The number of nitrogens with one attached hydrogen (secondary N) is 1. The van der Waals surface area contributed by atoms with Crippen molar-refractivity contribution < 1.29 is 4.79 Å². The summed E-state index contributed by atoms with van der Waals surface area (Å²) in [6.45, 7) is 6.06. The Hall–Kier alpha value is -2.28. The molecule has 0 aliphatic carbocycles. The summed E-state index contributed by atoms with van der Waals surface area (Å²) in [7, 11) is 0. The molecule has 23 heavy (non-hydrogen) atoms. The molecule has 1 amide bonds. The molecule has 1 N–H and O–H groups in total. The van der Waals surface area contributed by atoms with Crippen LogP contribution in [0.25, 0.3) is 16.3 Å². The average molecular weight is 329 g/mol. The van der Waals surface area contributed by atoms with Gasteiger partial charge in [0.15, 0.2) is 5.82 Å². The number of hydrogen-bond donors (Lipinski definition) is 1. The molecule has 0 radical (unpaired) electrons. The third-order valence-corrected chi connectivity index (χ3v) is 4.67. The molecule has 3 aromatic rings. The molecule has 2 aromatic heterocycles. The number of anilines is 1. The molecule has 0 spiro atoms. The number of aromatic nitrogens is 4. The molecular formula is C16H19N5OS. The Morgan fingerprint density at radius 1 is 1.30 bits per heavy atom. The van der Waals surface area contributed by atoms with Crippen molar-refractivity contribution in [3.05, 3.63) is 29.8 Å². The van der Waals surface area contributed by atoms with Gasteiger partial charge in [0.05, 0.1) is 0 Å². The van der Waals surface area contributed by atoms with Gasteiger partial charge >= 0.3 is 0 Å². The first-order chi connectivity index (χ1) is 11.1. The van der Waals surface area contributed by atoms with E-state index >= 15 is 0 Å². The maximum absolute atomic E-state index is 12.2. The smallest absolute Gasteiger partial charge is 0.236 e. The number of carbonyl (C=O) groups is 1. The largest absolute Gasteiger partial charge is 0.300 e. The maximum Gasteiger partial charge on any atom is 0.236 e. The summed E-state index contributed by atoms with van der Waals surface area (Å²) in [5.41, 5.74) is 2.11. The quantitative estimate of drug-likeness (QED) is 0.777. The van der Waals surface area contributed by atoms with E-state index in [0.29, 0.717) is 15.9 Å². The van der Waals surface area contributed by atoms with Crippen molar-refractivity contribution in [3.63, 3.8) is 0 Å². The van der Waals surface area contributed by atoms with E-state index in [-0.39, 0.29) is 11.8 Å². The van der Waals surface area contributed by atoms with E-state index < -0.39 is 0 Å². The zero-order chi connectivity index (χ0) is 16.4. The molecule has 1 aromatic carbocycles. The van der Waals surface area contributed by atoms with Gasteiger partial charge in [-0.05, 0) is 25.8 Å². The Bertz CT molecular complexity index is 834. The highest BCUT2D eigenvalue weighted by molar-refractivity contribution is 7.20. The van der Waals surface area contributed by atoms with Gasteiger partial charge in [-0.15, -0.1) is 15.3 Å². The summed E-state index contributed by atoms with van der Waals surface area (Å²) in [5.74, 6) is 0.709. The van der Waals surface area contributed by atoms with Crippen molar-refractivity contribution >= 4 is 27.3 Å². The number of hydrogen-bond acceptors (Lipinski definition) is 5. The van der Waals surface area contributed by atoms with Gasteiger partial charge in [-0.1, -0.05) is 48.9 Å². The molecular weight excluding hydrogens is 310 g/mol. The Balaban J connectivity index is 1.90. The van der Waals surface area contributed by atoms with Crippen LogP contribution in [0.1, 0.15) is 32.3 Å². The molecule has 0 fully saturated rings. The van der Waals surface area contributed by atoms with Gasteiger partial charge in [0.25, 0.3) is 0 Å². The van der Waals surface area contributed by atoms with Crippen LogP contribution in [0.4, 0.5) is 5.13 Å². The Morgan fingerprint density at radius 2 is 2.09 bits per heavy atom. The number of fused-ring (bicyclic) bond motifs is 1. The number of nitrogens with zero attached hydrogens (tertiary/aromatic N) is 4. The van der Waals surface area contributed by atoms with Gasteiger partial charge in [0.1, 0.15) is 0 Å². The van der Waals surface area contributed by atoms with Crippen molar-refractivity contribution in [2.45, 2.75) is 33.6 Å². The molecule has 3 rings (SSSR count). The average Bonchev–Trinajstić information content (AvgIpc) is 3.08. The molecule has 7 heteroatoms. The molecule has 6 nitrogen and oxygen atoms in total. The fourth-order valence-corrected chi connectivity index (χ4v) is 3.24. The molecule has 0 saturated heterocycles. The van der Waals surface area contributed by atoms with E-state index in [1.165, 1.54) is 11.3 Å². The summed E-state index contributed by atoms with van der Waals surface area (Å²) in [6, 6.07) is 8.03. The Labute approximate surface area is 138 Å². The number of benzene rings is 1. The zero-order valence-electron chi connectivity index (χ0n) is 13.4. The van der Waals surface area contributed by atoms with Crippen molar-refractivity contribution in [1.82, 2.24) is 19.8 Å². The molecule has 0 unspecified atom stereocenters. The fraction of sp³-hybridized carbons (Fsp3) is 0.375. The van der Waals surface area contributed by atoms with E-state index in [2.05, 4.69) is 20.6 Å². The minimum atomic E-state index is 0.0112. The highest BCUT2D eigenvalue weighted by Crippen LogP contribution is 2.25. The third kappa shape index (κ3) is 3.10. The third-order valence-electron chi connectivity index (χ3n) is 3.85. The van der Waals surface area contributed by atoms with Crippen LogP contribution in [0.2, 0.25) is 0 Å². The first kappa shape index (κ1) is 15.6. The van der Waals surface area contributed by atoms with Crippen molar-refractivity contribution in [3.8, 4) is 11.4 Å². The minimum absolute atomic E-state index is 0.0112. The van der Waals surface area contributed by atoms with Crippen LogP contribution in [-0.4, -0.2) is 25.7 Å². The van der Waals surface area contributed by atoms with Crippen LogP contribution in [0.15, 0.2) is 24.3 Å². The summed E-state index contributed by atoms with van der Waals surface area (Å²) >= 11 is 1.33. The highest BCUT2D eigenvalue weighted by Gasteiger charge is 2.18. The zero-order valence-corrected chi connectivity index (χ0v) is 14.2. The van der Waals surface area contributed by atoms with Gasteiger partial charge in [0, 0.05) is 11.5 Å². The SMILES string of the molecule is CCC(CC)C(=O)Nc1nn2c(-c3cccc(C)c3)nnc2s1. The topological polar surface area (TPSA) is 72.2 Å². The molecule has 0 aliphatic rings. The van der Waals surface area contributed by atoms with Crippen molar-refractivity contribution in [1.29, 1.82) is 0 Å². The van der Waals surface area contributed by atoms with E-state index in [1.807, 2.05) is 45.0 Å². The first-order valence-electron chi connectivity index (χ1n) is 7.72. The first-order valence-corrected chi connectivity index (χ1v) is 8.54. The fourth-order valence-electron chi connectivity index (χ4n) is 2.50. The number of amides is 1. The molecule has 0 saturated carbocycles. The summed E-state index contributed by atoms with van der Waals surface area (Å²) in [5, 5.41) is 16.3. The van der Waals surface area contributed by atoms with Crippen LogP contribution in [0, 0.1) is 12.8 Å². The second-order valence-corrected chi connectivity index (χ2v) is 6.45. The normalized spacial score (nSPS) is 11.3. The maximum atomic E-state index is 12.2. The van der Waals surface area contributed by atoms with E-state index in [1.54, 1.807) is 4.52 Å². The van der Waals surface area contributed by atoms with Crippen LogP contribution < -0.4 is 5.32 Å². The number of rotatable bonds is 5. The summed E-state index contributed by atoms with van der Waals surface area (Å²) in [6.07, 6.45) is 1.64. The van der Waals surface area contributed by atoms with Crippen LogP contribution in [0.3, 0.4) is 0 Å². The summed E-state index contributed by atoms with van der Waals surface area (Å²) in [4.78, 5) is 12.9. The second-order valence-electron chi connectivity index (χ2n) is 5.50. The Kier molecular flexibility index (Phi) is 4.38. The second kappa shape index (κ2) is 6.45. The minimum Gasteiger partial charge on any atom is -0.300 e. The lowest BCUT2D eigenvalue weighted by atomic mass is 10.0. The van der Waals surface area contributed by atoms with Crippen LogP contribution >= 0.6 is 11.3 Å². The predicted molar refractivity (Wildman–Crippen MR) is 91.5 cm³/mol. The molecule has 0 bridgehead atoms. The molecule has 2 heterocycles. The van der Waals surface area contributed by atoms with Crippen molar-refractivity contribution in [2.24, 2.45) is 5.92 Å². The lowest BCUT2D eigenvalue weighted by Gasteiger charge is -2.10. The highest BCUT2D eigenvalue weighted by atomic mass is 32.1. The molecule has 0 aliphatic heterocycles. The van der Waals surface area contributed by atoms with E-state index in [0.717, 1.165) is 24.0 Å². The standard InChI is InChI=1S/C16H19N5OS/c1-4-11(5-2)14(22)17-15-20-21-13(18-19-16(21)23-15)12-8-6-7-10(3)9-12/h6-9,11H,4-5H2,1-3H3,(H,17,20,22). The molecule has 120 valence electrons. The van der Waals surface area contributed by atoms with Crippen molar-refractivity contribution in [2.75, 3.05) is 5.32 Å². The van der Waals surface area contributed by atoms with E-state index in [9.17, 15) is 4.79 Å². The predicted octanol–water partition coefficient (Wildman–Crippen LogP) is 3.54. The van der Waals surface area contributed by atoms with Gasteiger partial charge in [-0.3, -0.25) is 4.79 Å². The van der Waals surface area contributed by atoms with Gasteiger partial charge in [-0.25, -0.2) is 0 Å². The number of carbonyl (C=O) groups excluding carboxylic acids is 1. The molecule has 0 atom stereocenters. The summed E-state index contributed by atoms with van der Waals surface area (Å²) < 4.78 is 1.68. The van der Waals surface area contributed by atoms with E-state index in [4.69, 9.17) is 0 Å². The lowest BCUT2D eigenvalue weighted by molar-refractivity contribution is -0.120. The van der Waals surface area contributed by atoms with Gasteiger partial charge in [0.2, 0.25) is 16.0 Å². The Morgan fingerprint density at radius 3 is 2.78 bits per heavy atom. The monoisotopic (exact) mass is 329 g/mol. The van der Waals surface area contributed by atoms with Gasteiger partial charge < -0.3 is 5.32 Å². The number of aryl methyl sites for hydroxylation is 1. The van der Waals surface area contributed by atoms with Crippen LogP contribution in [0.5, 0.6) is 0 Å². The lowest BCUT2D eigenvalue weighted by Crippen LogP contribution is -2.21. The van der Waals surface area contributed by atoms with Crippen LogP contribution in [-0.2, 0) is 4.79 Å².